The summed E-state index contributed by atoms with van der Waals surface area (Å²) < 4.78 is 5.18. The molecule has 24 heavy (non-hydrogen) atoms. The van der Waals surface area contributed by atoms with Crippen molar-refractivity contribution in [3.63, 3.8) is 0 Å². The number of amides is 2. The number of methoxy groups -OCH3 is 1. The molecular weight excluding hydrogens is 330 g/mol. The highest BCUT2D eigenvalue weighted by atomic mass is 35.5. The molecule has 1 aliphatic rings. The van der Waals surface area contributed by atoms with Gasteiger partial charge in [0.25, 0.3) is 0 Å². The fraction of sp³-hybridized carbons (Fsp3) is 0.529. The molecule has 1 fully saturated rings. The van der Waals surface area contributed by atoms with Gasteiger partial charge in [-0.25, -0.2) is 0 Å². The third-order valence-corrected chi connectivity index (χ3v) is 4.41. The van der Waals surface area contributed by atoms with E-state index in [0.717, 1.165) is 25.7 Å². The quantitative estimate of drug-likeness (QED) is 0.731. The van der Waals surface area contributed by atoms with E-state index in [1.807, 2.05) is 0 Å². The number of carbonyl (C=O) groups is 2. The van der Waals surface area contributed by atoms with Crippen molar-refractivity contribution in [2.75, 3.05) is 19.0 Å². The molecule has 6 nitrogen and oxygen atoms in total. The molecule has 0 aromatic heterocycles. The highest BCUT2D eigenvalue weighted by Crippen LogP contribution is 2.27. The predicted molar refractivity (Wildman–Crippen MR) is 94.2 cm³/mol. The second-order valence-corrected chi connectivity index (χ2v) is 6.49. The van der Waals surface area contributed by atoms with Crippen molar-refractivity contribution in [2.45, 2.75) is 38.1 Å². The third-order valence-electron chi connectivity index (χ3n) is 4.17. The van der Waals surface area contributed by atoms with Crippen LogP contribution in [0.5, 0.6) is 5.75 Å². The molecule has 7 heteroatoms. The Morgan fingerprint density at radius 3 is 2.88 bits per heavy atom. The van der Waals surface area contributed by atoms with Crippen LogP contribution in [0.25, 0.3) is 0 Å². The lowest BCUT2D eigenvalue weighted by atomic mass is 9.85. The maximum absolute atomic E-state index is 12.1. The van der Waals surface area contributed by atoms with E-state index in [-0.39, 0.29) is 30.2 Å². The summed E-state index contributed by atoms with van der Waals surface area (Å²) in [6.45, 7) is 0.291. The average Bonchev–Trinajstić information content (AvgIpc) is 2.55. The van der Waals surface area contributed by atoms with Crippen LogP contribution in [0.4, 0.5) is 5.69 Å². The van der Waals surface area contributed by atoms with Crippen molar-refractivity contribution in [3.05, 3.63) is 23.2 Å². The zero-order valence-corrected chi connectivity index (χ0v) is 14.6. The third kappa shape index (κ3) is 5.39. The summed E-state index contributed by atoms with van der Waals surface area (Å²) in [6.07, 6.45) is 3.73. The van der Waals surface area contributed by atoms with Gasteiger partial charge in [-0.05, 0) is 37.5 Å². The van der Waals surface area contributed by atoms with Crippen LogP contribution in [-0.4, -0.2) is 31.5 Å². The lowest BCUT2D eigenvalue weighted by Crippen LogP contribution is -2.38. The number of halogens is 1. The Morgan fingerprint density at radius 1 is 1.38 bits per heavy atom. The van der Waals surface area contributed by atoms with Crippen LogP contribution >= 0.6 is 11.6 Å². The summed E-state index contributed by atoms with van der Waals surface area (Å²) in [6, 6.07) is 5.10. The number of nitrogens with one attached hydrogen (secondary N) is 2. The van der Waals surface area contributed by atoms with Gasteiger partial charge in [-0.15, -0.1) is 0 Å². The summed E-state index contributed by atoms with van der Waals surface area (Å²) in [4.78, 5) is 24.1. The van der Waals surface area contributed by atoms with Gasteiger partial charge in [0.05, 0.1) is 12.8 Å². The van der Waals surface area contributed by atoms with Gasteiger partial charge in [0.1, 0.15) is 5.75 Å². The number of rotatable bonds is 6. The van der Waals surface area contributed by atoms with Crippen LogP contribution in [0.3, 0.4) is 0 Å². The largest absolute Gasteiger partial charge is 0.495 e. The smallest absolute Gasteiger partial charge is 0.226 e. The maximum Gasteiger partial charge on any atom is 0.226 e. The van der Waals surface area contributed by atoms with E-state index in [2.05, 4.69) is 10.6 Å². The number of ether oxygens (including phenoxy) is 1. The maximum atomic E-state index is 12.1. The molecule has 0 saturated heterocycles. The van der Waals surface area contributed by atoms with Crippen molar-refractivity contribution in [1.29, 1.82) is 0 Å². The summed E-state index contributed by atoms with van der Waals surface area (Å²) >= 11 is 5.93. The Morgan fingerprint density at radius 2 is 2.17 bits per heavy atom. The first-order valence-electron chi connectivity index (χ1n) is 8.16. The van der Waals surface area contributed by atoms with Gasteiger partial charge in [-0.2, -0.15) is 0 Å². The molecule has 2 rings (SSSR count). The molecule has 2 unspecified atom stereocenters. The number of benzene rings is 1. The number of nitrogens with two attached hydrogens (primary N) is 1. The molecule has 1 aromatic rings. The van der Waals surface area contributed by atoms with Crippen molar-refractivity contribution < 1.29 is 14.3 Å². The van der Waals surface area contributed by atoms with Crippen LogP contribution in [0, 0.1) is 5.92 Å². The van der Waals surface area contributed by atoms with Gasteiger partial charge in [0, 0.05) is 29.9 Å². The average molecular weight is 354 g/mol. The first-order valence-corrected chi connectivity index (χ1v) is 8.54. The summed E-state index contributed by atoms with van der Waals surface area (Å²) in [5.41, 5.74) is 6.41. The fourth-order valence-corrected chi connectivity index (χ4v) is 3.07. The number of hydrogen-bond acceptors (Lipinski definition) is 4. The molecule has 4 N–H and O–H groups in total. The molecular formula is C17H24ClN3O3. The Bertz CT molecular complexity index is 594. The minimum atomic E-state index is -0.212. The van der Waals surface area contributed by atoms with E-state index in [4.69, 9.17) is 22.1 Å². The zero-order chi connectivity index (χ0) is 17.5. The SMILES string of the molecule is COc1ccc(Cl)cc1NC(=O)CCNC(=O)C1CCCC(N)C1. The summed E-state index contributed by atoms with van der Waals surface area (Å²) in [5, 5.41) is 6.07. The molecule has 0 heterocycles. The Balaban J connectivity index is 1.77. The molecule has 2 atom stereocenters. The fourth-order valence-electron chi connectivity index (χ4n) is 2.90. The van der Waals surface area contributed by atoms with E-state index in [1.54, 1.807) is 18.2 Å². The highest BCUT2D eigenvalue weighted by Gasteiger charge is 2.25. The van der Waals surface area contributed by atoms with E-state index in [9.17, 15) is 9.59 Å². The van der Waals surface area contributed by atoms with Gasteiger partial charge in [-0.3, -0.25) is 9.59 Å². The minimum absolute atomic E-state index is 0.0155. The molecule has 0 spiro atoms. The summed E-state index contributed by atoms with van der Waals surface area (Å²) in [5.74, 6) is 0.271. The van der Waals surface area contributed by atoms with Crippen LogP contribution in [-0.2, 0) is 9.59 Å². The molecule has 1 saturated carbocycles. The Kier molecular flexibility index (Phi) is 6.87. The molecule has 0 aliphatic heterocycles. The van der Waals surface area contributed by atoms with Gasteiger partial charge in [-0.1, -0.05) is 18.0 Å². The van der Waals surface area contributed by atoms with E-state index >= 15 is 0 Å². The van der Waals surface area contributed by atoms with Crippen LogP contribution in [0.15, 0.2) is 18.2 Å². The Labute approximate surface area is 147 Å². The van der Waals surface area contributed by atoms with Crippen LogP contribution < -0.4 is 21.1 Å². The van der Waals surface area contributed by atoms with Gasteiger partial charge in [0.15, 0.2) is 0 Å². The molecule has 1 aromatic carbocycles. The molecule has 0 radical (unpaired) electrons. The normalized spacial score (nSPS) is 20.3. The standard InChI is InChI=1S/C17H24ClN3O3/c1-24-15-6-5-12(18)10-14(15)21-16(22)7-8-20-17(23)11-3-2-4-13(19)9-11/h5-6,10-11,13H,2-4,7-9,19H2,1H3,(H,20,23)(H,21,22). The predicted octanol–water partition coefficient (Wildman–Crippen LogP) is 2.31. The van der Waals surface area contributed by atoms with Gasteiger partial charge >= 0.3 is 0 Å². The van der Waals surface area contributed by atoms with E-state index in [0.29, 0.717) is 23.0 Å². The number of anilines is 1. The van der Waals surface area contributed by atoms with Gasteiger partial charge < -0.3 is 21.1 Å². The number of hydrogen-bond donors (Lipinski definition) is 3. The zero-order valence-electron chi connectivity index (χ0n) is 13.8. The second-order valence-electron chi connectivity index (χ2n) is 6.06. The van der Waals surface area contributed by atoms with Crippen LogP contribution in [0.1, 0.15) is 32.1 Å². The molecule has 2 amide bonds. The lowest BCUT2D eigenvalue weighted by Gasteiger charge is -2.25. The van der Waals surface area contributed by atoms with Crippen molar-refractivity contribution >= 4 is 29.1 Å². The Hall–Kier alpha value is -1.79. The van der Waals surface area contributed by atoms with Gasteiger partial charge in [0.2, 0.25) is 11.8 Å². The van der Waals surface area contributed by atoms with Crippen molar-refractivity contribution in [2.24, 2.45) is 11.7 Å². The summed E-state index contributed by atoms with van der Waals surface area (Å²) in [7, 11) is 1.52. The first kappa shape index (κ1) is 18.5. The second kappa shape index (κ2) is 8.89. The molecule has 1 aliphatic carbocycles. The van der Waals surface area contributed by atoms with Crippen LogP contribution in [0.2, 0.25) is 5.02 Å². The van der Waals surface area contributed by atoms with Crippen molar-refractivity contribution in [1.82, 2.24) is 5.32 Å². The first-order chi connectivity index (χ1) is 11.5. The minimum Gasteiger partial charge on any atom is -0.495 e. The molecule has 0 bridgehead atoms. The van der Waals surface area contributed by atoms with E-state index < -0.39 is 0 Å². The topological polar surface area (TPSA) is 93.5 Å². The molecule has 132 valence electrons. The van der Waals surface area contributed by atoms with E-state index in [1.165, 1.54) is 7.11 Å². The highest BCUT2D eigenvalue weighted by molar-refractivity contribution is 6.31. The monoisotopic (exact) mass is 353 g/mol. The van der Waals surface area contributed by atoms with Crippen molar-refractivity contribution in [3.8, 4) is 5.75 Å². The lowest BCUT2D eigenvalue weighted by molar-refractivity contribution is -0.126. The number of carbonyl (C=O) groups excluding carboxylic acids is 2.